The number of hydrogen-bond acceptors (Lipinski definition) is 3. The first-order valence-corrected chi connectivity index (χ1v) is 6.63. The molecule has 3 N–H and O–H groups in total. The molecule has 96 valence electrons. The predicted octanol–water partition coefficient (Wildman–Crippen LogP) is 1.76. The molecule has 3 heteroatoms. The Morgan fingerprint density at radius 3 is 2.75 bits per heavy atom. The third-order valence-electron chi connectivity index (χ3n) is 3.87. The van der Waals surface area contributed by atoms with E-state index in [4.69, 9.17) is 10.5 Å². The van der Waals surface area contributed by atoms with Gasteiger partial charge in [-0.3, -0.25) is 0 Å². The summed E-state index contributed by atoms with van der Waals surface area (Å²) in [7, 11) is 1.76. The Hall–Kier alpha value is -0.120. The summed E-state index contributed by atoms with van der Waals surface area (Å²) < 4.78 is 5.25. The molecule has 4 unspecified atom stereocenters. The lowest BCUT2D eigenvalue weighted by Gasteiger charge is -2.33. The van der Waals surface area contributed by atoms with E-state index in [1.807, 2.05) is 0 Å². The summed E-state index contributed by atoms with van der Waals surface area (Å²) >= 11 is 0. The van der Waals surface area contributed by atoms with Crippen molar-refractivity contribution in [2.24, 2.45) is 17.6 Å². The van der Waals surface area contributed by atoms with Gasteiger partial charge in [0.15, 0.2) is 0 Å². The molecule has 0 bridgehead atoms. The van der Waals surface area contributed by atoms with Crippen molar-refractivity contribution in [3.05, 3.63) is 0 Å². The molecule has 1 rings (SSSR count). The first-order valence-electron chi connectivity index (χ1n) is 6.63. The van der Waals surface area contributed by atoms with Crippen molar-refractivity contribution in [1.29, 1.82) is 0 Å². The van der Waals surface area contributed by atoms with Crippen molar-refractivity contribution < 1.29 is 4.74 Å². The maximum Gasteiger partial charge on any atom is 0.0667 e. The Morgan fingerprint density at radius 2 is 2.19 bits per heavy atom. The molecule has 3 nitrogen and oxygen atoms in total. The molecule has 0 aliphatic heterocycles. The normalized spacial score (nSPS) is 30.0. The van der Waals surface area contributed by atoms with Gasteiger partial charge in [-0.25, -0.2) is 0 Å². The first-order chi connectivity index (χ1) is 7.67. The van der Waals surface area contributed by atoms with Crippen LogP contribution in [-0.4, -0.2) is 32.3 Å². The highest BCUT2D eigenvalue weighted by Crippen LogP contribution is 2.30. The zero-order chi connectivity index (χ0) is 12.0. The van der Waals surface area contributed by atoms with Crippen LogP contribution in [-0.2, 0) is 4.74 Å². The molecule has 0 aromatic rings. The van der Waals surface area contributed by atoms with E-state index in [2.05, 4.69) is 19.2 Å². The van der Waals surface area contributed by atoms with Crippen LogP contribution in [0.3, 0.4) is 0 Å². The standard InChI is InChI=1S/C13H28N2O/c1-10-5-4-6-12(7-10)13(8-14)15-9-11(2)16-3/h10-13,15H,4-9,14H2,1-3H3. The van der Waals surface area contributed by atoms with Gasteiger partial charge in [0, 0.05) is 26.2 Å². The van der Waals surface area contributed by atoms with Crippen molar-refractivity contribution in [1.82, 2.24) is 5.32 Å². The van der Waals surface area contributed by atoms with E-state index in [9.17, 15) is 0 Å². The summed E-state index contributed by atoms with van der Waals surface area (Å²) in [6.45, 7) is 6.10. The molecule has 16 heavy (non-hydrogen) atoms. The second-order valence-electron chi connectivity index (χ2n) is 5.33. The van der Waals surface area contributed by atoms with Crippen LogP contribution in [0.25, 0.3) is 0 Å². The summed E-state index contributed by atoms with van der Waals surface area (Å²) in [5, 5.41) is 3.56. The molecular weight excluding hydrogens is 200 g/mol. The highest BCUT2D eigenvalue weighted by molar-refractivity contribution is 4.82. The van der Waals surface area contributed by atoms with E-state index < -0.39 is 0 Å². The second-order valence-corrected chi connectivity index (χ2v) is 5.33. The van der Waals surface area contributed by atoms with Gasteiger partial charge >= 0.3 is 0 Å². The molecule has 0 heterocycles. The maximum absolute atomic E-state index is 5.87. The minimum absolute atomic E-state index is 0.273. The van der Waals surface area contributed by atoms with Crippen molar-refractivity contribution >= 4 is 0 Å². The largest absolute Gasteiger partial charge is 0.380 e. The predicted molar refractivity (Wildman–Crippen MR) is 68.4 cm³/mol. The highest BCUT2D eigenvalue weighted by atomic mass is 16.5. The van der Waals surface area contributed by atoms with Gasteiger partial charge in [0.05, 0.1) is 6.10 Å². The van der Waals surface area contributed by atoms with Crippen LogP contribution in [0.4, 0.5) is 0 Å². The molecule has 1 aliphatic rings. The SMILES string of the molecule is COC(C)CNC(CN)C1CCCC(C)C1. The zero-order valence-electron chi connectivity index (χ0n) is 11.0. The zero-order valence-corrected chi connectivity index (χ0v) is 11.0. The average molecular weight is 228 g/mol. The van der Waals surface area contributed by atoms with Crippen LogP contribution in [0.15, 0.2) is 0 Å². The topological polar surface area (TPSA) is 47.3 Å². The van der Waals surface area contributed by atoms with Crippen LogP contribution in [0.2, 0.25) is 0 Å². The molecule has 4 atom stereocenters. The van der Waals surface area contributed by atoms with Crippen LogP contribution < -0.4 is 11.1 Å². The fraction of sp³-hybridized carbons (Fsp3) is 1.00. The van der Waals surface area contributed by atoms with Crippen LogP contribution in [0.1, 0.15) is 39.5 Å². The first kappa shape index (κ1) is 13.9. The van der Waals surface area contributed by atoms with Gasteiger partial charge in [0.2, 0.25) is 0 Å². The number of nitrogens with two attached hydrogens (primary N) is 1. The minimum atomic E-state index is 0.273. The highest BCUT2D eigenvalue weighted by Gasteiger charge is 2.25. The smallest absolute Gasteiger partial charge is 0.0667 e. The van der Waals surface area contributed by atoms with Crippen molar-refractivity contribution in [2.75, 3.05) is 20.2 Å². The average Bonchev–Trinajstić information content (AvgIpc) is 2.29. The summed E-state index contributed by atoms with van der Waals surface area (Å²) in [6, 6.07) is 0.473. The lowest BCUT2D eigenvalue weighted by Crippen LogP contribution is -2.46. The molecule has 0 amide bonds. The number of rotatable bonds is 6. The van der Waals surface area contributed by atoms with Crippen LogP contribution in [0, 0.1) is 11.8 Å². The number of nitrogens with one attached hydrogen (secondary N) is 1. The Labute approximate surface area is 100 Å². The van der Waals surface area contributed by atoms with E-state index >= 15 is 0 Å². The van der Waals surface area contributed by atoms with Crippen LogP contribution >= 0.6 is 0 Å². The molecule has 1 saturated carbocycles. The van der Waals surface area contributed by atoms with Gasteiger partial charge in [-0.1, -0.05) is 19.8 Å². The van der Waals surface area contributed by atoms with Gasteiger partial charge in [-0.05, 0) is 31.6 Å². The van der Waals surface area contributed by atoms with Gasteiger partial charge < -0.3 is 15.8 Å². The van der Waals surface area contributed by atoms with E-state index in [-0.39, 0.29) is 6.10 Å². The third-order valence-corrected chi connectivity index (χ3v) is 3.87. The monoisotopic (exact) mass is 228 g/mol. The van der Waals surface area contributed by atoms with E-state index in [0.717, 1.165) is 24.9 Å². The fourth-order valence-electron chi connectivity index (χ4n) is 2.69. The van der Waals surface area contributed by atoms with Crippen molar-refractivity contribution in [3.8, 4) is 0 Å². The molecule has 0 radical (unpaired) electrons. The molecular formula is C13H28N2O. The lowest BCUT2D eigenvalue weighted by atomic mass is 9.78. The van der Waals surface area contributed by atoms with E-state index in [0.29, 0.717) is 6.04 Å². The van der Waals surface area contributed by atoms with E-state index in [1.165, 1.54) is 25.7 Å². The van der Waals surface area contributed by atoms with E-state index in [1.54, 1.807) is 7.11 Å². The summed E-state index contributed by atoms with van der Waals surface area (Å²) in [5.41, 5.74) is 5.87. The fourth-order valence-corrected chi connectivity index (χ4v) is 2.69. The van der Waals surface area contributed by atoms with Crippen LogP contribution in [0.5, 0.6) is 0 Å². The summed E-state index contributed by atoms with van der Waals surface area (Å²) in [5.74, 6) is 1.63. The molecule has 0 aromatic carbocycles. The number of hydrogen-bond donors (Lipinski definition) is 2. The van der Waals surface area contributed by atoms with Crippen molar-refractivity contribution in [2.45, 2.75) is 51.7 Å². The molecule has 1 fully saturated rings. The molecule has 0 spiro atoms. The van der Waals surface area contributed by atoms with Gasteiger partial charge in [-0.2, -0.15) is 0 Å². The maximum atomic E-state index is 5.87. The minimum Gasteiger partial charge on any atom is -0.380 e. The Balaban J connectivity index is 2.34. The lowest BCUT2D eigenvalue weighted by molar-refractivity contribution is 0.108. The van der Waals surface area contributed by atoms with Crippen molar-refractivity contribution in [3.63, 3.8) is 0 Å². The second kappa shape index (κ2) is 7.25. The number of methoxy groups -OCH3 is 1. The Bertz CT molecular complexity index is 187. The Kier molecular flexibility index (Phi) is 6.32. The molecule has 0 aromatic heterocycles. The Morgan fingerprint density at radius 1 is 1.44 bits per heavy atom. The quantitative estimate of drug-likeness (QED) is 0.728. The van der Waals surface area contributed by atoms with Gasteiger partial charge in [0.25, 0.3) is 0 Å². The molecule has 0 saturated heterocycles. The van der Waals surface area contributed by atoms with Gasteiger partial charge in [-0.15, -0.1) is 0 Å². The van der Waals surface area contributed by atoms with Gasteiger partial charge in [0.1, 0.15) is 0 Å². The molecule has 1 aliphatic carbocycles. The summed E-state index contributed by atoms with van der Waals surface area (Å²) in [6.07, 6.45) is 5.69. The summed E-state index contributed by atoms with van der Waals surface area (Å²) in [4.78, 5) is 0. The number of ether oxygens (including phenoxy) is 1. The third kappa shape index (κ3) is 4.40.